The van der Waals surface area contributed by atoms with E-state index >= 15 is 0 Å². The molecule has 0 aromatic heterocycles. The second-order valence-electron chi connectivity index (χ2n) is 13.7. The lowest BCUT2D eigenvalue weighted by Crippen LogP contribution is -2.35. The van der Waals surface area contributed by atoms with Gasteiger partial charge in [0.1, 0.15) is 36.1 Å². The van der Waals surface area contributed by atoms with Crippen molar-refractivity contribution in [1.29, 1.82) is 0 Å². The van der Waals surface area contributed by atoms with Gasteiger partial charge in [-0.15, -0.1) is 0 Å². The van der Waals surface area contributed by atoms with Gasteiger partial charge in [0.15, 0.2) is 5.78 Å². The Bertz CT molecular complexity index is 1690. The number of methoxy groups -OCH3 is 1. The fourth-order valence-corrected chi connectivity index (χ4v) is 5.86. The van der Waals surface area contributed by atoms with E-state index in [9.17, 15) is 9.59 Å². The van der Waals surface area contributed by atoms with Crippen molar-refractivity contribution in [2.75, 3.05) is 20.2 Å². The molecule has 0 spiro atoms. The number of rotatable bonds is 12. The average molecular weight is 650 g/mol. The molecule has 1 aliphatic rings. The van der Waals surface area contributed by atoms with Crippen LogP contribution in [-0.2, 0) is 18.0 Å². The molecule has 7 nitrogen and oxygen atoms in total. The molecule has 1 amide bonds. The highest BCUT2D eigenvalue weighted by Gasteiger charge is 2.32. The normalized spacial score (nSPS) is 14.6. The molecule has 4 aromatic carbocycles. The van der Waals surface area contributed by atoms with Gasteiger partial charge < -0.3 is 23.8 Å². The van der Waals surface area contributed by atoms with Crippen molar-refractivity contribution >= 4 is 11.9 Å². The second-order valence-corrected chi connectivity index (χ2v) is 13.7. The molecule has 1 heterocycles. The Labute approximate surface area is 284 Å². The van der Waals surface area contributed by atoms with E-state index in [1.165, 1.54) is 0 Å². The summed E-state index contributed by atoms with van der Waals surface area (Å²) in [5, 5.41) is 0. The molecular formula is C41H47NO6. The van der Waals surface area contributed by atoms with Gasteiger partial charge in [-0.05, 0) is 73.9 Å². The van der Waals surface area contributed by atoms with E-state index in [1.54, 1.807) is 12.0 Å². The van der Waals surface area contributed by atoms with Crippen LogP contribution in [-0.4, -0.2) is 42.6 Å². The van der Waals surface area contributed by atoms with Crippen molar-refractivity contribution in [1.82, 2.24) is 4.90 Å². The van der Waals surface area contributed by atoms with Gasteiger partial charge in [-0.25, -0.2) is 4.79 Å². The van der Waals surface area contributed by atoms with Crippen LogP contribution in [0.3, 0.4) is 0 Å². The van der Waals surface area contributed by atoms with E-state index in [0.717, 1.165) is 34.2 Å². The summed E-state index contributed by atoms with van der Waals surface area (Å²) in [6.45, 7) is 11.5. The summed E-state index contributed by atoms with van der Waals surface area (Å²) in [6.07, 6.45) is 0.651. The van der Waals surface area contributed by atoms with E-state index < -0.39 is 5.60 Å². The number of carbonyl (C=O) groups is 2. The molecule has 4 aromatic rings. The highest BCUT2D eigenvalue weighted by Crippen LogP contribution is 2.43. The van der Waals surface area contributed by atoms with Gasteiger partial charge in [-0.3, -0.25) is 4.79 Å². The first-order valence-electron chi connectivity index (χ1n) is 16.7. The lowest BCUT2D eigenvalue weighted by atomic mass is 9.92. The van der Waals surface area contributed by atoms with Gasteiger partial charge in [0.2, 0.25) is 0 Å². The van der Waals surface area contributed by atoms with Crippen LogP contribution in [0.4, 0.5) is 4.79 Å². The number of ether oxygens (including phenoxy) is 4. The third-order valence-electron chi connectivity index (χ3n) is 8.45. The van der Waals surface area contributed by atoms with E-state index in [0.29, 0.717) is 49.1 Å². The Kier molecular flexibility index (Phi) is 11.1. The minimum Gasteiger partial charge on any atom is -0.496 e. The second kappa shape index (κ2) is 15.4. The Balaban J connectivity index is 1.54. The quantitative estimate of drug-likeness (QED) is 0.142. The fraction of sp³-hybridized carbons (Fsp3) is 0.366. The monoisotopic (exact) mass is 649 g/mol. The number of ketones is 1. The molecule has 1 saturated heterocycles. The largest absolute Gasteiger partial charge is 0.496 e. The van der Waals surface area contributed by atoms with E-state index in [-0.39, 0.29) is 30.1 Å². The molecule has 7 heteroatoms. The zero-order chi connectivity index (χ0) is 34.3. The number of hydrogen-bond acceptors (Lipinski definition) is 6. The van der Waals surface area contributed by atoms with Crippen LogP contribution in [0.15, 0.2) is 91.0 Å². The maximum atomic E-state index is 14.3. The predicted octanol–water partition coefficient (Wildman–Crippen LogP) is 9.47. The Morgan fingerprint density at radius 3 is 1.98 bits per heavy atom. The molecule has 0 bridgehead atoms. The van der Waals surface area contributed by atoms with Crippen LogP contribution in [0.5, 0.6) is 17.2 Å². The Hall–Kier alpha value is -4.78. The molecule has 1 fully saturated rings. The summed E-state index contributed by atoms with van der Waals surface area (Å²) in [7, 11) is 1.65. The molecule has 1 aliphatic heterocycles. The first kappa shape index (κ1) is 34.6. The van der Waals surface area contributed by atoms with Crippen molar-refractivity contribution in [3.05, 3.63) is 113 Å². The number of hydrogen-bond donors (Lipinski definition) is 0. The van der Waals surface area contributed by atoms with Gasteiger partial charge in [-0.2, -0.15) is 0 Å². The number of Topliss-reactive ketones (excluding diaryl/α,β-unsaturated/α-hetero) is 1. The fourth-order valence-electron chi connectivity index (χ4n) is 5.86. The topological polar surface area (TPSA) is 74.3 Å². The van der Waals surface area contributed by atoms with Crippen LogP contribution in [0.25, 0.3) is 11.1 Å². The van der Waals surface area contributed by atoms with E-state index in [2.05, 4.69) is 26.0 Å². The predicted molar refractivity (Wildman–Crippen MR) is 189 cm³/mol. The lowest BCUT2D eigenvalue weighted by Gasteiger charge is -2.24. The summed E-state index contributed by atoms with van der Waals surface area (Å²) >= 11 is 0. The van der Waals surface area contributed by atoms with Gasteiger partial charge in [0.25, 0.3) is 0 Å². The zero-order valence-electron chi connectivity index (χ0n) is 29.0. The number of likely N-dealkylation sites (tertiary alicyclic amines) is 1. The van der Waals surface area contributed by atoms with Crippen molar-refractivity contribution in [2.45, 2.75) is 72.2 Å². The molecule has 0 radical (unpaired) electrons. The van der Waals surface area contributed by atoms with E-state index in [1.807, 2.05) is 99.6 Å². The summed E-state index contributed by atoms with van der Waals surface area (Å²) in [5.74, 6) is 1.97. The molecule has 5 rings (SSSR count). The molecule has 0 aliphatic carbocycles. The third kappa shape index (κ3) is 8.97. The van der Waals surface area contributed by atoms with E-state index in [4.69, 9.17) is 18.9 Å². The van der Waals surface area contributed by atoms with Crippen LogP contribution in [0.2, 0.25) is 0 Å². The zero-order valence-corrected chi connectivity index (χ0v) is 29.0. The van der Waals surface area contributed by atoms with Crippen molar-refractivity contribution in [2.24, 2.45) is 5.92 Å². The van der Waals surface area contributed by atoms with Crippen LogP contribution < -0.4 is 14.2 Å². The first-order valence-corrected chi connectivity index (χ1v) is 16.7. The summed E-state index contributed by atoms with van der Waals surface area (Å²) in [4.78, 5) is 28.7. The smallest absolute Gasteiger partial charge is 0.410 e. The van der Waals surface area contributed by atoms with Crippen LogP contribution in [0.1, 0.15) is 80.4 Å². The molecule has 48 heavy (non-hydrogen) atoms. The van der Waals surface area contributed by atoms with Gasteiger partial charge in [0.05, 0.1) is 12.7 Å². The SMILES string of the molecule is COc1ccc(C(C)C)cc1-c1cc(C(=O)CC2CCN(C(=O)OC(C)(C)C)C2)c(OCc2ccccc2)cc1OCc1ccccc1. The average Bonchev–Trinajstić information content (AvgIpc) is 3.54. The van der Waals surface area contributed by atoms with Crippen molar-refractivity contribution < 1.29 is 28.5 Å². The lowest BCUT2D eigenvalue weighted by molar-refractivity contribution is 0.0286. The highest BCUT2D eigenvalue weighted by molar-refractivity contribution is 6.01. The molecule has 252 valence electrons. The summed E-state index contributed by atoms with van der Waals surface area (Å²) in [6, 6.07) is 29.8. The summed E-state index contributed by atoms with van der Waals surface area (Å²) < 4.78 is 24.4. The maximum absolute atomic E-state index is 14.3. The van der Waals surface area contributed by atoms with Gasteiger partial charge in [-0.1, -0.05) is 80.6 Å². The number of carbonyl (C=O) groups excluding carboxylic acids is 2. The molecule has 0 N–H and O–H groups in total. The Morgan fingerprint density at radius 1 is 0.792 bits per heavy atom. The van der Waals surface area contributed by atoms with Crippen molar-refractivity contribution in [3.63, 3.8) is 0 Å². The standard InChI is InChI=1S/C41H47NO6/c1-28(2)32-17-18-37(45-6)33(22-32)34-23-35(36(43)21-31-19-20-42(25-31)40(44)48-41(3,4)5)39(47-27-30-15-11-8-12-16-30)24-38(34)46-26-29-13-9-7-10-14-29/h7-18,22-24,28,31H,19-21,25-27H2,1-6H3. The van der Waals surface area contributed by atoms with Crippen LogP contribution in [0, 0.1) is 5.92 Å². The molecule has 0 saturated carbocycles. The van der Waals surface area contributed by atoms with Crippen molar-refractivity contribution in [3.8, 4) is 28.4 Å². The Morgan fingerprint density at radius 2 is 1.40 bits per heavy atom. The number of benzene rings is 4. The molecule has 1 unspecified atom stereocenters. The maximum Gasteiger partial charge on any atom is 0.410 e. The number of amides is 1. The summed E-state index contributed by atoms with van der Waals surface area (Å²) in [5.41, 5.74) is 4.64. The minimum atomic E-state index is -0.579. The minimum absolute atomic E-state index is 0.00301. The number of nitrogens with zero attached hydrogens (tertiary/aromatic N) is 1. The molecular weight excluding hydrogens is 602 g/mol. The third-order valence-corrected chi connectivity index (χ3v) is 8.45. The molecule has 1 atom stereocenters. The first-order chi connectivity index (χ1) is 23.0. The van der Waals surface area contributed by atoms with Gasteiger partial charge in [0, 0.05) is 36.7 Å². The van der Waals surface area contributed by atoms with Crippen LogP contribution >= 0.6 is 0 Å². The highest BCUT2D eigenvalue weighted by atomic mass is 16.6. The van der Waals surface area contributed by atoms with Gasteiger partial charge >= 0.3 is 6.09 Å².